The van der Waals surface area contributed by atoms with Crippen molar-refractivity contribution in [2.45, 2.75) is 59.5 Å². The van der Waals surface area contributed by atoms with Gasteiger partial charge in [-0.15, -0.1) is 0 Å². The number of hydrogen-bond donors (Lipinski definition) is 2. The minimum Gasteiger partial charge on any atom is -0.453 e. The fourth-order valence-corrected chi connectivity index (χ4v) is 2.80. The Morgan fingerprint density at radius 1 is 1.46 bits per heavy atom. The van der Waals surface area contributed by atoms with Crippen molar-refractivity contribution in [3.63, 3.8) is 0 Å². The highest BCUT2D eigenvalue weighted by atomic mass is 16.5. The van der Waals surface area contributed by atoms with Crippen LogP contribution in [0.2, 0.25) is 0 Å². The van der Waals surface area contributed by atoms with Gasteiger partial charge in [0, 0.05) is 21.3 Å². The molecule has 7 heteroatoms. The molecule has 0 aliphatic carbocycles. The highest BCUT2D eigenvalue weighted by molar-refractivity contribution is 5.86. The monoisotopic (exact) mass is 342 g/mol. The van der Waals surface area contributed by atoms with E-state index in [0.29, 0.717) is 6.54 Å². The smallest absolute Gasteiger partial charge is 0.407 e. The van der Waals surface area contributed by atoms with Gasteiger partial charge in [0.15, 0.2) is 0 Å². The van der Waals surface area contributed by atoms with Gasteiger partial charge in [0.05, 0.1) is 13.2 Å². The van der Waals surface area contributed by atoms with Crippen molar-refractivity contribution >= 4 is 12.0 Å². The number of hydrogen-bond acceptors (Lipinski definition) is 4. The minimum atomic E-state index is -0.593. The molecular weight excluding hydrogens is 308 g/mol. The first kappa shape index (κ1) is 20.0. The molecule has 24 heavy (non-hydrogen) atoms. The molecule has 7 nitrogen and oxygen atoms in total. The number of alkyl carbamates (subject to hydrolysis) is 1. The summed E-state index contributed by atoms with van der Waals surface area (Å²) in [5, 5.41) is 2.64. The summed E-state index contributed by atoms with van der Waals surface area (Å²) in [6, 6.07) is -0.647. The van der Waals surface area contributed by atoms with Crippen LogP contribution in [0, 0.1) is 12.8 Å². The van der Waals surface area contributed by atoms with Crippen LogP contribution in [0.4, 0.5) is 4.79 Å². The molecule has 1 aromatic heterocycles. The van der Waals surface area contributed by atoms with Crippen molar-refractivity contribution < 1.29 is 17.2 Å². The number of ether oxygens (including phenoxy) is 1. The fourth-order valence-electron chi connectivity index (χ4n) is 2.80. The summed E-state index contributed by atoms with van der Waals surface area (Å²) in [5.41, 5.74) is 0.974. The molecule has 2 rings (SSSR count). The Morgan fingerprint density at radius 2 is 2.12 bits per heavy atom. The summed E-state index contributed by atoms with van der Waals surface area (Å²) in [7, 11) is 1.29. The summed E-state index contributed by atoms with van der Waals surface area (Å²) in [4.78, 5) is 33.7. The van der Waals surface area contributed by atoms with Crippen LogP contribution < -0.4 is 5.32 Å². The number of aromatic nitrogens is 2. The third kappa shape index (κ3) is 4.72. The average molecular weight is 342 g/mol. The van der Waals surface area contributed by atoms with Crippen LogP contribution in [0.15, 0.2) is 6.20 Å². The first-order chi connectivity index (χ1) is 11.4. The molecule has 1 saturated heterocycles. The number of H-pyrrole nitrogens is 1. The number of imidazole rings is 1. The second-order valence-corrected chi connectivity index (χ2v) is 6.00. The van der Waals surface area contributed by atoms with Crippen LogP contribution in [-0.4, -0.2) is 46.6 Å². The van der Waals surface area contributed by atoms with Crippen LogP contribution in [0.5, 0.6) is 0 Å². The fraction of sp³-hybridized carbons (Fsp3) is 0.706. The van der Waals surface area contributed by atoms with Crippen molar-refractivity contribution in [3.05, 3.63) is 17.7 Å². The average Bonchev–Trinajstić information content (AvgIpc) is 3.21. The Balaban J connectivity index is 0. The van der Waals surface area contributed by atoms with E-state index >= 15 is 0 Å². The SMILES string of the molecule is CC.COC(=O)N[C@H](C(=O)N1CCC[C@H]1c1ncc(C)[nH]1)C(C)C.[HH].[HH]. The lowest BCUT2D eigenvalue weighted by Crippen LogP contribution is -2.51. The Bertz CT molecular complexity index is 552. The van der Waals surface area contributed by atoms with Crippen LogP contribution in [0.3, 0.4) is 0 Å². The Kier molecular flexibility index (Phi) is 7.74. The van der Waals surface area contributed by atoms with Crippen molar-refractivity contribution in [1.82, 2.24) is 20.2 Å². The maximum absolute atomic E-state index is 12.8. The van der Waals surface area contributed by atoms with Crippen LogP contribution >= 0.6 is 0 Å². The molecule has 0 aromatic carbocycles. The Hall–Kier alpha value is -2.05. The van der Waals surface area contributed by atoms with Crippen molar-refractivity contribution in [3.8, 4) is 0 Å². The number of aryl methyl sites for hydroxylation is 1. The van der Waals surface area contributed by atoms with E-state index in [1.54, 1.807) is 11.1 Å². The lowest BCUT2D eigenvalue weighted by molar-refractivity contribution is -0.135. The molecule has 140 valence electrons. The molecule has 0 unspecified atom stereocenters. The quantitative estimate of drug-likeness (QED) is 0.879. The number of nitrogens with zero attached hydrogens (tertiary/aromatic N) is 2. The molecular formula is C17H34N4O3. The molecule has 0 radical (unpaired) electrons. The van der Waals surface area contributed by atoms with E-state index in [9.17, 15) is 9.59 Å². The van der Waals surface area contributed by atoms with Gasteiger partial charge in [-0.1, -0.05) is 27.7 Å². The van der Waals surface area contributed by atoms with Gasteiger partial charge in [-0.25, -0.2) is 9.78 Å². The van der Waals surface area contributed by atoms with Gasteiger partial charge in [-0.3, -0.25) is 4.79 Å². The lowest BCUT2D eigenvalue weighted by atomic mass is 10.0. The van der Waals surface area contributed by atoms with E-state index < -0.39 is 12.1 Å². The van der Waals surface area contributed by atoms with E-state index in [4.69, 9.17) is 0 Å². The van der Waals surface area contributed by atoms with Crippen molar-refractivity contribution in [2.24, 2.45) is 5.92 Å². The summed E-state index contributed by atoms with van der Waals surface area (Å²) >= 11 is 0. The van der Waals surface area contributed by atoms with E-state index in [1.165, 1.54) is 7.11 Å². The number of carbonyl (C=O) groups excluding carboxylic acids is 2. The summed E-state index contributed by atoms with van der Waals surface area (Å²) in [5.74, 6) is 0.701. The molecule has 2 atom stereocenters. The highest BCUT2D eigenvalue weighted by Crippen LogP contribution is 2.31. The molecule has 2 amide bonds. The number of aromatic amines is 1. The predicted molar refractivity (Wildman–Crippen MR) is 96.8 cm³/mol. The minimum absolute atomic E-state index is 0. The number of rotatable bonds is 4. The molecule has 0 spiro atoms. The molecule has 1 aromatic rings. The van der Waals surface area contributed by atoms with E-state index in [0.717, 1.165) is 24.4 Å². The lowest BCUT2D eigenvalue weighted by Gasteiger charge is -2.29. The normalized spacial score (nSPS) is 18.0. The number of amides is 2. The zero-order valence-electron chi connectivity index (χ0n) is 15.5. The summed E-state index contributed by atoms with van der Waals surface area (Å²) in [6.45, 7) is 10.4. The number of nitrogens with one attached hydrogen (secondary N) is 2. The number of methoxy groups -OCH3 is 1. The zero-order valence-corrected chi connectivity index (χ0v) is 15.5. The third-order valence-corrected chi connectivity index (χ3v) is 3.97. The topological polar surface area (TPSA) is 87.3 Å². The van der Waals surface area contributed by atoms with Crippen LogP contribution in [0.1, 0.15) is 61.0 Å². The molecule has 2 N–H and O–H groups in total. The van der Waals surface area contributed by atoms with Gasteiger partial charge in [0.25, 0.3) is 0 Å². The van der Waals surface area contributed by atoms with Crippen molar-refractivity contribution in [2.75, 3.05) is 13.7 Å². The maximum atomic E-state index is 12.8. The third-order valence-electron chi connectivity index (χ3n) is 3.97. The van der Waals surface area contributed by atoms with Gasteiger partial charge >= 0.3 is 6.09 Å². The maximum Gasteiger partial charge on any atom is 0.407 e. The zero-order chi connectivity index (χ0) is 18.3. The molecule has 2 heterocycles. The van der Waals surface area contributed by atoms with E-state index in [2.05, 4.69) is 20.0 Å². The van der Waals surface area contributed by atoms with Crippen molar-refractivity contribution in [1.29, 1.82) is 0 Å². The molecule has 0 bridgehead atoms. The largest absolute Gasteiger partial charge is 0.453 e. The molecule has 1 fully saturated rings. The standard InChI is InChI=1S/C15H24N4O3.C2H6.2H2/c1-9(2)12(18-15(21)22-4)14(20)19-7-5-6-11(19)13-16-8-10(3)17-13;1-2;;/h8-9,11-12H,5-7H2,1-4H3,(H,16,17)(H,18,21);1-2H3;2*1H/t11-,12-;;;/m0.../s1. The highest BCUT2D eigenvalue weighted by Gasteiger charge is 2.37. The van der Waals surface area contributed by atoms with E-state index in [1.807, 2.05) is 34.6 Å². The predicted octanol–water partition coefficient (Wildman–Crippen LogP) is 3.28. The second-order valence-electron chi connectivity index (χ2n) is 6.00. The van der Waals surface area contributed by atoms with E-state index in [-0.39, 0.29) is 20.7 Å². The summed E-state index contributed by atoms with van der Waals surface area (Å²) in [6.07, 6.45) is 2.99. The van der Waals surface area contributed by atoms with Gasteiger partial charge in [-0.05, 0) is 25.7 Å². The van der Waals surface area contributed by atoms with Gasteiger partial charge in [-0.2, -0.15) is 0 Å². The number of likely N-dealkylation sites (tertiary alicyclic amines) is 1. The molecule has 0 saturated carbocycles. The van der Waals surface area contributed by atoms with Crippen LogP contribution in [0.25, 0.3) is 0 Å². The van der Waals surface area contributed by atoms with Gasteiger partial charge < -0.3 is 19.9 Å². The van der Waals surface area contributed by atoms with Crippen LogP contribution in [-0.2, 0) is 9.53 Å². The first-order valence-electron chi connectivity index (χ1n) is 8.60. The Morgan fingerprint density at radius 3 is 2.62 bits per heavy atom. The summed E-state index contributed by atoms with van der Waals surface area (Å²) < 4.78 is 4.62. The molecule has 1 aliphatic rings. The Labute approximate surface area is 147 Å². The first-order valence-corrected chi connectivity index (χ1v) is 8.60. The second kappa shape index (κ2) is 9.30. The van der Waals surface area contributed by atoms with Gasteiger partial charge in [0.2, 0.25) is 5.91 Å². The molecule has 1 aliphatic heterocycles. The van der Waals surface area contributed by atoms with Gasteiger partial charge in [0.1, 0.15) is 11.9 Å². The number of carbonyl (C=O) groups is 2.